The lowest BCUT2D eigenvalue weighted by Gasteiger charge is -2.36. The highest BCUT2D eigenvalue weighted by Gasteiger charge is 2.57. The van der Waals surface area contributed by atoms with Gasteiger partial charge in [-0.1, -0.05) is 24.3 Å². The van der Waals surface area contributed by atoms with Crippen LogP contribution in [0.5, 0.6) is 0 Å². The third-order valence-corrected chi connectivity index (χ3v) is 7.70. The summed E-state index contributed by atoms with van der Waals surface area (Å²) in [4.78, 5) is 20.4. The number of amides is 1. The highest BCUT2D eigenvalue weighted by molar-refractivity contribution is 5.97. The van der Waals surface area contributed by atoms with Gasteiger partial charge in [0.2, 0.25) is 5.95 Å². The van der Waals surface area contributed by atoms with Gasteiger partial charge in [-0.25, -0.2) is 13.8 Å². The molecule has 1 unspecified atom stereocenters. The fourth-order valence-electron chi connectivity index (χ4n) is 5.35. The predicted molar refractivity (Wildman–Crippen MR) is 137 cm³/mol. The first-order chi connectivity index (χ1) is 17.8. The number of anilines is 2. The minimum absolute atomic E-state index is 0.0105. The normalized spacial score (nSPS) is 20.9. The van der Waals surface area contributed by atoms with Crippen molar-refractivity contribution in [3.05, 3.63) is 65.6 Å². The van der Waals surface area contributed by atoms with Gasteiger partial charge in [-0.05, 0) is 47.4 Å². The molecule has 2 aromatic carbocycles. The van der Waals surface area contributed by atoms with Crippen LogP contribution in [0.3, 0.4) is 0 Å². The van der Waals surface area contributed by atoms with E-state index in [1.807, 2.05) is 36.4 Å². The molecule has 2 fully saturated rings. The van der Waals surface area contributed by atoms with Crippen LogP contribution in [0, 0.1) is 11.9 Å². The van der Waals surface area contributed by atoms with Crippen LogP contribution >= 0.6 is 0 Å². The van der Waals surface area contributed by atoms with E-state index in [1.54, 1.807) is 12.1 Å². The van der Waals surface area contributed by atoms with Crippen LogP contribution in [-0.2, 0) is 6.42 Å². The minimum Gasteiger partial charge on any atom is -0.383 e. The number of rotatable bonds is 5. The fraction of sp³-hybridized carbons (Fsp3) is 0.357. The first-order valence-corrected chi connectivity index (χ1v) is 12.6. The Morgan fingerprint density at radius 1 is 0.973 bits per heavy atom. The summed E-state index contributed by atoms with van der Waals surface area (Å²) in [5, 5.41) is 2.83. The van der Waals surface area contributed by atoms with Crippen LogP contribution in [0.1, 0.15) is 22.3 Å². The van der Waals surface area contributed by atoms with Gasteiger partial charge in [0.05, 0.1) is 0 Å². The Kier molecular flexibility index (Phi) is 5.82. The first kappa shape index (κ1) is 23.8. The average Bonchev–Trinajstić information content (AvgIpc) is 3.50. The number of fused-ring (bicyclic) bond motifs is 1. The maximum Gasteiger partial charge on any atom is 0.252 e. The number of alkyl halides is 2. The van der Waals surface area contributed by atoms with Crippen LogP contribution in [0.2, 0.25) is 0 Å². The van der Waals surface area contributed by atoms with Gasteiger partial charge in [0.15, 0.2) is 0 Å². The summed E-state index contributed by atoms with van der Waals surface area (Å²) in [6.45, 7) is 4.05. The summed E-state index contributed by atoms with van der Waals surface area (Å²) in [5.74, 6) is -3.61. The van der Waals surface area contributed by atoms with Crippen molar-refractivity contribution in [2.24, 2.45) is 5.92 Å². The summed E-state index contributed by atoms with van der Waals surface area (Å²) >= 11 is 0. The summed E-state index contributed by atoms with van der Waals surface area (Å²) in [6.07, 6.45) is 0.732. The van der Waals surface area contributed by atoms with Crippen molar-refractivity contribution in [1.29, 1.82) is 0 Å². The number of hydrogen-bond donors (Lipinski definition) is 2. The van der Waals surface area contributed by atoms with E-state index >= 15 is 0 Å². The van der Waals surface area contributed by atoms with Gasteiger partial charge >= 0.3 is 0 Å². The van der Waals surface area contributed by atoms with Gasteiger partial charge in [-0.2, -0.15) is 4.39 Å². The van der Waals surface area contributed by atoms with Gasteiger partial charge in [-0.15, -0.1) is 0 Å². The zero-order valence-electron chi connectivity index (χ0n) is 20.3. The molecule has 0 radical (unpaired) electrons. The Morgan fingerprint density at radius 2 is 1.68 bits per heavy atom. The van der Waals surface area contributed by atoms with E-state index in [4.69, 9.17) is 5.73 Å². The Balaban J connectivity index is 1.19. The second-order valence-corrected chi connectivity index (χ2v) is 10.1. The molecule has 2 aliphatic heterocycles. The number of hydrogen-bond acceptors (Lipinski definition) is 5. The quantitative estimate of drug-likeness (QED) is 0.507. The second kappa shape index (κ2) is 9.06. The molecule has 0 spiro atoms. The lowest BCUT2D eigenvalue weighted by atomic mass is 9.94. The van der Waals surface area contributed by atoms with Crippen molar-refractivity contribution in [3.8, 4) is 22.3 Å². The largest absolute Gasteiger partial charge is 0.383 e. The van der Waals surface area contributed by atoms with Gasteiger partial charge in [0.1, 0.15) is 5.82 Å². The molecule has 1 aromatic heterocycles. The van der Waals surface area contributed by atoms with Crippen molar-refractivity contribution >= 4 is 17.4 Å². The van der Waals surface area contributed by atoms with E-state index in [-0.39, 0.29) is 18.1 Å². The van der Waals surface area contributed by atoms with E-state index in [0.29, 0.717) is 35.3 Å². The van der Waals surface area contributed by atoms with Gasteiger partial charge in [0, 0.05) is 74.0 Å². The first-order valence-electron chi connectivity index (χ1n) is 12.6. The highest BCUT2D eigenvalue weighted by Crippen LogP contribution is 2.49. The third kappa shape index (κ3) is 4.64. The maximum absolute atomic E-state index is 14.9. The smallest absolute Gasteiger partial charge is 0.252 e. The minimum atomic E-state index is -2.48. The number of carbonyl (C=O) groups is 1. The Hall–Kier alpha value is -3.59. The predicted octanol–water partition coefficient (Wildman–Crippen LogP) is 4.20. The van der Waals surface area contributed by atoms with Crippen LogP contribution in [0.15, 0.2) is 48.5 Å². The third-order valence-electron chi connectivity index (χ3n) is 7.70. The topological polar surface area (TPSA) is 74.5 Å². The number of nitrogens with zero attached hydrogens (tertiary/aromatic N) is 3. The zero-order valence-corrected chi connectivity index (χ0v) is 20.3. The molecule has 3 N–H and O–H groups in total. The number of piperazine rings is 1. The number of nitrogen functional groups attached to an aromatic ring is 1. The van der Waals surface area contributed by atoms with E-state index in [0.717, 1.165) is 49.4 Å². The van der Waals surface area contributed by atoms with E-state index in [9.17, 15) is 18.0 Å². The molecule has 0 bridgehead atoms. The maximum atomic E-state index is 14.9. The van der Waals surface area contributed by atoms with Crippen LogP contribution in [-0.4, -0.2) is 61.0 Å². The molecule has 6 rings (SSSR count). The molecule has 1 saturated carbocycles. The summed E-state index contributed by atoms with van der Waals surface area (Å²) in [7, 11) is 0. The Bertz CT molecular complexity index is 1350. The Labute approximate surface area is 213 Å². The molecule has 3 aliphatic rings. The standard InChI is InChI=1S/C28H28F3N5O/c29-25-23(14-24(26(32)34-25)18-3-6-22-19(13-18)7-8-33-27(22)37)17-1-4-21(5-2-17)36-11-9-35(10-12-36)16-20-15-28(20,30)31/h1-6,13-14,20H,7-12,15-16H2,(H2,32,34)(H,33,37). The fourth-order valence-corrected chi connectivity index (χ4v) is 5.35. The van der Waals surface area contributed by atoms with E-state index in [2.05, 4.69) is 20.1 Å². The molecule has 3 aromatic rings. The number of nitrogens with two attached hydrogens (primary N) is 1. The number of nitrogens with one attached hydrogen (secondary N) is 1. The molecule has 192 valence electrons. The van der Waals surface area contributed by atoms with Crippen LogP contribution in [0.4, 0.5) is 24.7 Å². The molecule has 1 aliphatic carbocycles. The molecule has 1 atom stereocenters. The number of carbonyl (C=O) groups excluding carboxylic acids is 1. The van der Waals surface area contributed by atoms with Gasteiger partial charge < -0.3 is 16.0 Å². The lowest BCUT2D eigenvalue weighted by Crippen LogP contribution is -2.47. The number of benzene rings is 2. The number of aromatic nitrogens is 1. The van der Waals surface area contributed by atoms with Crippen molar-refractivity contribution < 1.29 is 18.0 Å². The molecular formula is C28H28F3N5O. The molecule has 1 amide bonds. The van der Waals surface area contributed by atoms with Crippen molar-refractivity contribution in [2.75, 3.05) is 49.9 Å². The molecule has 37 heavy (non-hydrogen) atoms. The van der Waals surface area contributed by atoms with Crippen molar-refractivity contribution in [3.63, 3.8) is 0 Å². The number of pyridine rings is 1. The molecule has 9 heteroatoms. The van der Waals surface area contributed by atoms with E-state index < -0.39 is 17.8 Å². The SMILES string of the molecule is Nc1nc(F)c(-c2ccc(N3CCN(CC4CC4(F)F)CC3)cc2)cc1-c1ccc2c(c1)CCNC2=O. The summed E-state index contributed by atoms with van der Waals surface area (Å²) in [5.41, 5.74) is 11.1. The highest BCUT2D eigenvalue weighted by atomic mass is 19.3. The Morgan fingerprint density at radius 3 is 2.38 bits per heavy atom. The zero-order chi connectivity index (χ0) is 25.7. The summed E-state index contributed by atoms with van der Waals surface area (Å²) < 4.78 is 41.4. The van der Waals surface area contributed by atoms with Gasteiger partial charge in [0.25, 0.3) is 11.8 Å². The lowest BCUT2D eigenvalue weighted by molar-refractivity contribution is 0.0863. The summed E-state index contributed by atoms with van der Waals surface area (Å²) in [6, 6.07) is 14.9. The molecule has 3 heterocycles. The molecule has 1 saturated heterocycles. The van der Waals surface area contributed by atoms with Crippen LogP contribution < -0.4 is 16.0 Å². The monoisotopic (exact) mass is 507 g/mol. The molecular weight excluding hydrogens is 479 g/mol. The average molecular weight is 508 g/mol. The van der Waals surface area contributed by atoms with Crippen molar-refractivity contribution in [1.82, 2.24) is 15.2 Å². The number of halogens is 3. The molecule has 6 nitrogen and oxygen atoms in total. The second-order valence-electron chi connectivity index (χ2n) is 10.1. The van der Waals surface area contributed by atoms with E-state index in [1.165, 1.54) is 0 Å². The van der Waals surface area contributed by atoms with Crippen LogP contribution in [0.25, 0.3) is 22.3 Å². The van der Waals surface area contributed by atoms with Gasteiger partial charge in [-0.3, -0.25) is 9.69 Å². The van der Waals surface area contributed by atoms with Crippen molar-refractivity contribution in [2.45, 2.75) is 18.8 Å².